The van der Waals surface area contributed by atoms with E-state index in [9.17, 15) is 0 Å². The number of aromatic nitrogens is 1. The van der Waals surface area contributed by atoms with E-state index in [2.05, 4.69) is 76.3 Å². The number of hydrogen-bond donors (Lipinski definition) is 0. The van der Waals surface area contributed by atoms with Crippen molar-refractivity contribution in [2.45, 2.75) is 13.3 Å². The van der Waals surface area contributed by atoms with E-state index in [0.717, 1.165) is 45.0 Å². The highest BCUT2D eigenvalue weighted by Gasteiger charge is 2.19. The van der Waals surface area contributed by atoms with Crippen molar-refractivity contribution < 1.29 is 0 Å². The van der Waals surface area contributed by atoms with Crippen molar-refractivity contribution in [3.63, 3.8) is 0 Å². The van der Waals surface area contributed by atoms with Crippen LogP contribution in [0.25, 0.3) is 10.8 Å². The van der Waals surface area contributed by atoms with Crippen LogP contribution in [0.2, 0.25) is 0 Å². The predicted molar refractivity (Wildman–Crippen MR) is 105 cm³/mol. The molecule has 128 valence electrons. The lowest BCUT2D eigenvalue weighted by atomic mass is 10.1. The molecule has 4 rings (SSSR count). The van der Waals surface area contributed by atoms with Gasteiger partial charge in [0, 0.05) is 44.3 Å². The number of anilines is 1. The van der Waals surface area contributed by atoms with Crippen molar-refractivity contribution >= 4 is 16.6 Å². The van der Waals surface area contributed by atoms with E-state index in [1.54, 1.807) is 0 Å². The van der Waals surface area contributed by atoms with Gasteiger partial charge in [-0.1, -0.05) is 54.1 Å². The Balaban J connectivity index is 1.37. The Morgan fingerprint density at radius 2 is 1.64 bits per heavy atom. The minimum absolute atomic E-state index is 1.05. The maximum atomic E-state index is 4.66. The third-order valence-electron chi connectivity index (χ3n) is 5.16. The summed E-state index contributed by atoms with van der Waals surface area (Å²) in [5.41, 5.74) is 2.77. The van der Waals surface area contributed by atoms with Crippen molar-refractivity contribution in [1.82, 2.24) is 9.88 Å². The predicted octanol–water partition coefficient (Wildman–Crippen LogP) is 3.91. The maximum Gasteiger partial charge on any atom is 0.136 e. The summed E-state index contributed by atoms with van der Waals surface area (Å²) in [6, 6.07) is 19.6. The Bertz CT molecular complexity index is 828. The quantitative estimate of drug-likeness (QED) is 0.722. The summed E-state index contributed by atoms with van der Waals surface area (Å²) in [5.74, 6) is 1.14. The number of piperazine rings is 1. The molecule has 0 aliphatic carbocycles. The summed E-state index contributed by atoms with van der Waals surface area (Å²) in [5, 5.41) is 2.53. The zero-order valence-electron chi connectivity index (χ0n) is 14.9. The second kappa shape index (κ2) is 7.24. The molecule has 0 bridgehead atoms. The Kier molecular flexibility index (Phi) is 4.66. The van der Waals surface area contributed by atoms with Gasteiger partial charge in [0.2, 0.25) is 0 Å². The Morgan fingerprint density at radius 3 is 2.44 bits per heavy atom. The average molecular weight is 331 g/mol. The standard InChI is InChI=1S/C22H25N3/c1-18-6-8-19(9-7-18)11-13-24-14-16-25(17-15-24)22-21-5-3-2-4-20(21)10-12-23-22/h2-10,12H,11,13-17H2,1H3. The molecule has 1 aromatic heterocycles. The first-order valence-electron chi connectivity index (χ1n) is 9.16. The minimum atomic E-state index is 1.05. The van der Waals surface area contributed by atoms with Crippen LogP contribution in [0, 0.1) is 6.92 Å². The molecule has 0 saturated carbocycles. The van der Waals surface area contributed by atoms with Gasteiger partial charge < -0.3 is 4.90 Å². The van der Waals surface area contributed by atoms with Gasteiger partial charge in [-0.2, -0.15) is 0 Å². The Labute approximate surface area is 149 Å². The van der Waals surface area contributed by atoms with E-state index < -0.39 is 0 Å². The third kappa shape index (κ3) is 3.67. The number of nitrogens with zero attached hydrogens (tertiary/aromatic N) is 3. The lowest BCUT2D eigenvalue weighted by molar-refractivity contribution is 0.260. The summed E-state index contributed by atoms with van der Waals surface area (Å²) < 4.78 is 0. The lowest BCUT2D eigenvalue weighted by Gasteiger charge is -2.35. The fraction of sp³-hybridized carbons (Fsp3) is 0.318. The SMILES string of the molecule is Cc1ccc(CCN2CCN(c3nccc4ccccc34)CC2)cc1. The number of pyridine rings is 1. The molecule has 0 amide bonds. The van der Waals surface area contributed by atoms with Crippen LogP contribution in [0.4, 0.5) is 5.82 Å². The van der Waals surface area contributed by atoms with Gasteiger partial charge in [0.15, 0.2) is 0 Å². The molecule has 1 aliphatic heterocycles. The van der Waals surface area contributed by atoms with Gasteiger partial charge in [-0.15, -0.1) is 0 Å². The van der Waals surface area contributed by atoms with Gasteiger partial charge in [-0.05, 0) is 30.4 Å². The molecule has 25 heavy (non-hydrogen) atoms. The van der Waals surface area contributed by atoms with Crippen molar-refractivity contribution in [2.75, 3.05) is 37.6 Å². The molecule has 0 unspecified atom stereocenters. The van der Waals surface area contributed by atoms with Gasteiger partial charge in [0.05, 0.1) is 0 Å². The van der Waals surface area contributed by atoms with Crippen LogP contribution < -0.4 is 4.90 Å². The normalized spacial score (nSPS) is 15.6. The molecule has 2 aromatic carbocycles. The number of rotatable bonds is 4. The number of benzene rings is 2. The van der Waals surface area contributed by atoms with Gasteiger partial charge in [0.1, 0.15) is 5.82 Å². The number of hydrogen-bond acceptors (Lipinski definition) is 3. The minimum Gasteiger partial charge on any atom is -0.354 e. The zero-order valence-corrected chi connectivity index (χ0v) is 14.9. The third-order valence-corrected chi connectivity index (χ3v) is 5.16. The number of fused-ring (bicyclic) bond motifs is 1. The number of aryl methyl sites for hydroxylation is 1. The molecule has 3 heteroatoms. The van der Waals surface area contributed by atoms with Crippen molar-refractivity contribution in [1.29, 1.82) is 0 Å². The molecule has 3 aromatic rings. The fourth-order valence-electron chi connectivity index (χ4n) is 3.58. The maximum absolute atomic E-state index is 4.66. The van der Waals surface area contributed by atoms with Crippen molar-refractivity contribution in [3.05, 3.63) is 71.9 Å². The van der Waals surface area contributed by atoms with Crippen LogP contribution in [-0.2, 0) is 6.42 Å². The van der Waals surface area contributed by atoms with E-state index in [4.69, 9.17) is 0 Å². The van der Waals surface area contributed by atoms with Crippen LogP contribution in [0.5, 0.6) is 0 Å². The largest absolute Gasteiger partial charge is 0.354 e. The van der Waals surface area contributed by atoms with E-state index in [1.807, 2.05) is 6.20 Å². The monoisotopic (exact) mass is 331 g/mol. The highest BCUT2D eigenvalue weighted by molar-refractivity contribution is 5.92. The molecule has 0 atom stereocenters. The molecule has 1 aliphatic rings. The molecule has 1 fully saturated rings. The van der Waals surface area contributed by atoms with Gasteiger partial charge >= 0.3 is 0 Å². The average Bonchev–Trinajstić information content (AvgIpc) is 2.68. The van der Waals surface area contributed by atoms with Crippen LogP contribution in [0.3, 0.4) is 0 Å². The lowest BCUT2D eigenvalue weighted by Crippen LogP contribution is -2.47. The van der Waals surface area contributed by atoms with Crippen LogP contribution in [0.15, 0.2) is 60.8 Å². The Hall–Kier alpha value is -2.39. The summed E-state index contributed by atoms with van der Waals surface area (Å²) in [6.07, 6.45) is 3.06. The summed E-state index contributed by atoms with van der Waals surface area (Å²) in [4.78, 5) is 9.67. The zero-order chi connectivity index (χ0) is 17.1. The van der Waals surface area contributed by atoms with Crippen molar-refractivity contribution in [3.8, 4) is 0 Å². The first-order chi connectivity index (χ1) is 12.3. The summed E-state index contributed by atoms with van der Waals surface area (Å²) in [7, 11) is 0. The van der Waals surface area contributed by atoms with Gasteiger partial charge in [0.25, 0.3) is 0 Å². The molecule has 1 saturated heterocycles. The highest BCUT2D eigenvalue weighted by atomic mass is 15.3. The topological polar surface area (TPSA) is 19.4 Å². The van der Waals surface area contributed by atoms with Crippen LogP contribution in [-0.4, -0.2) is 42.6 Å². The molecule has 0 N–H and O–H groups in total. The molecular formula is C22H25N3. The van der Waals surface area contributed by atoms with E-state index in [-0.39, 0.29) is 0 Å². The molecular weight excluding hydrogens is 306 g/mol. The summed E-state index contributed by atoms with van der Waals surface area (Å²) in [6.45, 7) is 7.60. The smallest absolute Gasteiger partial charge is 0.136 e. The second-order valence-corrected chi connectivity index (χ2v) is 6.92. The van der Waals surface area contributed by atoms with Gasteiger partial charge in [-0.25, -0.2) is 4.98 Å². The first kappa shape index (κ1) is 16.1. The first-order valence-corrected chi connectivity index (χ1v) is 9.16. The van der Waals surface area contributed by atoms with E-state index in [1.165, 1.54) is 21.9 Å². The fourth-order valence-corrected chi connectivity index (χ4v) is 3.58. The second-order valence-electron chi connectivity index (χ2n) is 6.92. The van der Waals surface area contributed by atoms with Gasteiger partial charge in [-0.3, -0.25) is 4.90 Å². The van der Waals surface area contributed by atoms with E-state index in [0.29, 0.717) is 0 Å². The summed E-state index contributed by atoms with van der Waals surface area (Å²) >= 11 is 0. The molecule has 0 spiro atoms. The molecule has 3 nitrogen and oxygen atoms in total. The van der Waals surface area contributed by atoms with Crippen LogP contribution in [0.1, 0.15) is 11.1 Å². The van der Waals surface area contributed by atoms with E-state index >= 15 is 0 Å². The van der Waals surface area contributed by atoms with Crippen LogP contribution >= 0.6 is 0 Å². The highest BCUT2D eigenvalue weighted by Crippen LogP contribution is 2.25. The van der Waals surface area contributed by atoms with Crippen molar-refractivity contribution in [2.24, 2.45) is 0 Å². The molecule has 2 heterocycles. The molecule has 0 radical (unpaired) electrons. The Morgan fingerprint density at radius 1 is 0.880 bits per heavy atom.